The molecule has 1 unspecified atom stereocenters. The summed E-state index contributed by atoms with van der Waals surface area (Å²) in [6, 6.07) is 3.08. The van der Waals surface area contributed by atoms with Crippen molar-refractivity contribution in [2.75, 3.05) is 13.1 Å². The summed E-state index contributed by atoms with van der Waals surface area (Å²) >= 11 is 5.47. The molecule has 0 aliphatic carbocycles. The first kappa shape index (κ1) is 17.2. The summed E-state index contributed by atoms with van der Waals surface area (Å²) in [5, 5.41) is 2.14. The maximum atomic E-state index is 6.10. The first-order valence-electron chi connectivity index (χ1n) is 7.23. The lowest BCUT2D eigenvalue weighted by Gasteiger charge is -2.38. The fourth-order valence-corrected chi connectivity index (χ4v) is 4.42. The van der Waals surface area contributed by atoms with Crippen LogP contribution in [0.4, 0.5) is 0 Å². The van der Waals surface area contributed by atoms with Crippen LogP contribution in [-0.4, -0.2) is 24.0 Å². The first-order chi connectivity index (χ1) is 9.04. The van der Waals surface area contributed by atoms with Gasteiger partial charge in [-0.2, -0.15) is 0 Å². The Kier molecular flexibility index (Phi) is 7.58. The third-order valence-corrected chi connectivity index (χ3v) is 5.53. The Morgan fingerprint density at radius 3 is 2.32 bits per heavy atom. The van der Waals surface area contributed by atoms with Crippen LogP contribution in [0.15, 0.2) is 15.9 Å². The van der Waals surface area contributed by atoms with E-state index in [4.69, 9.17) is 5.73 Å². The quantitative estimate of drug-likeness (QED) is 0.741. The molecule has 0 amide bonds. The van der Waals surface area contributed by atoms with Crippen molar-refractivity contribution in [1.29, 1.82) is 0 Å². The van der Waals surface area contributed by atoms with Gasteiger partial charge < -0.3 is 5.73 Å². The van der Waals surface area contributed by atoms with E-state index in [1.165, 1.54) is 22.2 Å². The zero-order valence-corrected chi connectivity index (χ0v) is 14.9. The van der Waals surface area contributed by atoms with Crippen LogP contribution < -0.4 is 5.73 Å². The van der Waals surface area contributed by atoms with Crippen molar-refractivity contribution in [2.45, 2.75) is 52.6 Å². The fraction of sp³-hybridized carbons (Fsp3) is 0.733. The van der Waals surface area contributed by atoms with Crippen LogP contribution in [0, 0.1) is 5.92 Å². The van der Waals surface area contributed by atoms with Crippen LogP contribution in [0.3, 0.4) is 0 Å². The minimum atomic E-state index is 0.335. The van der Waals surface area contributed by atoms with Gasteiger partial charge in [-0.15, -0.1) is 11.3 Å². The second-order valence-electron chi connectivity index (χ2n) is 5.45. The monoisotopic (exact) mass is 346 g/mol. The molecule has 1 atom stereocenters. The third kappa shape index (κ3) is 4.55. The Morgan fingerprint density at radius 2 is 1.95 bits per heavy atom. The van der Waals surface area contributed by atoms with Crippen molar-refractivity contribution in [1.82, 2.24) is 4.90 Å². The van der Waals surface area contributed by atoms with Crippen LogP contribution in [0.1, 0.15) is 51.5 Å². The Morgan fingerprint density at radius 1 is 1.32 bits per heavy atom. The van der Waals surface area contributed by atoms with Crippen molar-refractivity contribution in [3.05, 3.63) is 20.8 Å². The third-order valence-electron chi connectivity index (χ3n) is 3.56. The minimum absolute atomic E-state index is 0.335. The summed E-state index contributed by atoms with van der Waals surface area (Å²) in [6.07, 6.45) is 2.37. The zero-order valence-electron chi connectivity index (χ0n) is 12.5. The maximum absolute atomic E-state index is 6.10. The van der Waals surface area contributed by atoms with Crippen LogP contribution >= 0.6 is 27.3 Å². The highest BCUT2D eigenvalue weighted by atomic mass is 79.9. The molecule has 0 aromatic carbocycles. The molecule has 0 aliphatic heterocycles. The lowest BCUT2D eigenvalue weighted by molar-refractivity contribution is 0.114. The summed E-state index contributed by atoms with van der Waals surface area (Å²) in [5.41, 5.74) is 6.10. The molecule has 0 fully saturated rings. The lowest BCUT2D eigenvalue weighted by Crippen LogP contribution is -2.42. The molecule has 2 N–H and O–H groups in total. The minimum Gasteiger partial charge on any atom is -0.329 e. The van der Waals surface area contributed by atoms with Crippen molar-refractivity contribution >= 4 is 27.3 Å². The standard InChI is InChI=1S/C15H27BrN2S/c1-5-12(6-2)18(10-11(3)4)14(9-17)15-13(16)7-8-19-15/h7-8,11-12,14H,5-6,9-10,17H2,1-4H3. The highest BCUT2D eigenvalue weighted by molar-refractivity contribution is 9.10. The predicted molar refractivity (Wildman–Crippen MR) is 89.7 cm³/mol. The number of hydrogen-bond donors (Lipinski definition) is 1. The van der Waals surface area contributed by atoms with Gasteiger partial charge in [-0.25, -0.2) is 0 Å². The van der Waals surface area contributed by atoms with E-state index in [-0.39, 0.29) is 0 Å². The predicted octanol–water partition coefficient (Wildman–Crippen LogP) is 4.66. The Balaban J connectivity index is 3.02. The SMILES string of the molecule is CCC(CC)N(CC(C)C)C(CN)c1sccc1Br. The van der Waals surface area contributed by atoms with Gasteiger partial charge in [-0.1, -0.05) is 27.7 Å². The van der Waals surface area contributed by atoms with Gasteiger partial charge in [0.15, 0.2) is 0 Å². The largest absolute Gasteiger partial charge is 0.329 e. The van der Waals surface area contributed by atoms with Gasteiger partial charge in [0.25, 0.3) is 0 Å². The highest BCUT2D eigenvalue weighted by Gasteiger charge is 2.27. The van der Waals surface area contributed by atoms with E-state index in [2.05, 4.69) is 60.0 Å². The second-order valence-corrected chi connectivity index (χ2v) is 7.25. The summed E-state index contributed by atoms with van der Waals surface area (Å²) < 4.78 is 1.20. The summed E-state index contributed by atoms with van der Waals surface area (Å²) in [6.45, 7) is 10.9. The van der Waals surface area contributed by atoms with Gasteiger partial charge in [-0.05, 0) is 46.1 Å². The molecule has 0 aliphatic rings. The molecule has 110 valence electrons. The maximum Gasteiger partial charge on any atom is 0.0578 e. The van der Waals surface area contributed by atoms with Gasteiger partial charge in [0, 0.05) is 28.5 Å². The van der Waals surface area contributed by atoms with Crippen LogP contribution in [0.2, 0.25) is 0 Å². The number of thiophene rings is 1. The molecular weight excluding hydrogens is 320 g/mol. The zero-order chi connectivity index (χ0) is 14.4. The smallest absolute Gasteiger partial charge is 0.0578 e. The Bertz CT molecular complexity index is 361. The molecule has 0 spiro atoms. The molecule has 1 aromatic rings. The van der Waals surface area contributed by atoms with Gasteiger partial charge in [0.2, 0.25) is 0 Å². The molecular formula is C15H27BrN2S. The Labute approximate surface area is 130 Å². The number of nitrogens with two attached hydrogens (primary N) is 1. The van der Waals surface area contributed by atoms with Gasteiger partial charge in [0.1, 0.15) is 0 Å². The molecule has 1 aromatic heterocycles. The van der Waals surface area contributed by atoms with Gasteiger partial charge in [-0.3, -0.25) is 4.90 Å². The van der Waals surface area contributed by atoms with E-state index < -0.39 is 0 Å². The fourth-order valence-electron chi connectivity index (χ4n) is 2.65. The molecule has 0 saturated heterocycles. The molecule has 0 bridgehead atoms. The molecule has 1 heterocycles. The van der Waals surface area contributed by atoms with Gasteiger partial charge >= 0.3 is 0 Å². The average Bonchev–Trinajstić information content (AvgIpc) is 2.77. The van der Waals surface area contributed by atoms with E-state index in [1.54, 1.807) is 0 Å². The van der Waals surface area contributed by atoms with Crippen molar-refractivity contribution in [3.8, 4) is 0 Å². The Hall–Kier alpha value is 0.100. The van der Waals surface area contributed by atoms with Crippen LogP contribution in [0.5, 0.6) is 0 Å². The summed E-state index contributed by atoms with van der Waals surface area (Å²) in [5.74, 6) is 0.661. The molecule has 0 saturated carbocycles. The van der Waals surface area contributed by atoms with E-state index in [0.717, 1.165) is 6.54 Å². The topological polar surface area (TPSA) is 29.3 Å². The van der Waals surface area contributed by atoms with E-state index >= 15 is 0 Å². The molecule has 4 heteroatoms. The second kappa shape index (κ2) is 8.40. The summed E-state index contributed by atoms with van der Waals surface area (Å²) in [7, 11) is 0. The van der Waals surface area contributed by atoms with Crippen LogP contribution in [0.25, 0.3) is 0 Å². The number of rotatable bonds is 8. The number of hydrogen-bond acceptors (Lipinski definition) is 3. The molecule has 0 radical (unpaired) electrons. The van der Waals surface area contributed by atoms with Crippen molar-refractivity contribution in [2.24, 2.45) is 11.7 Å². The van der Waals surface area contributed by atoms with E-state index in [9.17, 15) is 0 Å². The first-order valence-corrected chi connectivity index (χ1v) is 8.90. The molecule has 1 rings (SSSR count). The molecule has 19 heavy (non-hydrogen) atoms. The van der Waals surface area contributed by atoms with Crippen LogP contribution in [-0.2, 0) is 0 Å². The summed E-state index contributed by atoms with van der Waals surface area (Å²) in [4.78, 5) is 3.98. The average molecular weight is 347 g/mol. The molecule has 2 nitrogen and oxygen atoms in total. The van der Waals surface area contributed by atoms with E-state index in [0.29, 0.717) is 24.5 Å². The van der Waals surface area contributed by atoms with Crippen molar-refractivity contribution < 1.29 is 0 Å². The number of nitrogens with zero attached hydrogens (tertiary/aromatic N) is 1. The lowest BCUT2D eigenvalue weighted by atomic mass is 10.0. The van der Waals surface area contributed by atoms with Crippen molar-refractivity contribution in [3.63, 3.8) is 0 Å². The van der Waals surface area contributed by atoms with Gasteiger partial charge in [0.05, 0.1) is 6.04 Å². The van der Waals surface area contributed by atoms with E-state index in [1.807, 2.05) is 11.3 Å². The normalized spacial score (nSPS) is 13.7. The highest BCUT2D eigenvalue weighted by Crippen LogP contribution is 2.34. The number of halogens is 1.